The third-order valence-corrected chi connectivity index (χ3v) is 16.0. The Kier molecular flexibility index (Phi) is 26.2. The summed E-state index contributed by atoms with van der Waals surface area (Å²) >= 11 is 0. The summed E-state index contributed by atoms with van der Waals surface area (Å²) in [6.45, 7) is -5.60. The van der Waals surface area contributed by atoms with Gasteiger partial charge in [-0.15, -0.1) is 0 Å². The second-order valence-electron chi connectivity index (χ2n) is 22.0. The standard InChI is InChI=1S/C48H82N2O38/c1-10(58)49-19-24(65)21(62)14(5-53)76-43(19)87-40-28(69)27(68)34(12(60)3-51)82-48(40)86-39-32(73)42(75)81-35(13(61)4-52)41(39)88-46-31(72)29(70)37(18(9-57)80-46)84-47-33(74)38(23(64)16(7-55)78-47)85-44-20(50-11(2)59)25(66)36(17(8-56)79-44)83-45-30(71)26(67)22(63)15(6-54)77-45/h12-48,51-57,60-75H,3-9H2,1-2H3,(H,49,58)(H,50,59)/t12-,13-,14+,15+,16+,17+,18+,19+,20+,21+,22-,23-,24+,25+,26-,27-,28-,29+,30+,31+,32-,33+,34+,35+,36+,37+,38-,39+,40-,41+,42-,43-,44-,45-,46-,47-,48+/m0/s1. The van der Waals surface area contributed by atoms with E-state index in [1.54, 1.807) is 0 Å². The molecule has 7 saturated heterocycles. The maximum absolute atomic E-state index is 12.5. The van der Waals surface area contributed by atoms with Crippen molar-refractivity contribution in [2.45, 2.75) is 241 Å². The quantitative estimate of drug-likeness (QED) is 0.0452. The van der Waals surface area contributed by atoms with Gasteiger partial charge in [-0.3, -0.25) is 9.59 Å². The predicted molar refractivity (Wildman–Crippen MR) is 267 cm³/mol. The molecule has 40 heteroatoms. The van der Waals surface area contributed by atoms with Gasteiger partial charge >= 0.3 is 0 Å². The summed E-state index contributed by atoms with van der Waals surface area (Å²) in [5.74, 6) is -1.71. The number of ether oxygens (including phenoxy) is 13. The highest BCUT2D eigenvalue weighted by molar-refractivity contribution is 5.73. The van der Waals surface area contributed by atoms with E-state index >= 15 is 0 Å². The van der Waals surface area contributed by atoms with Crippen LogP contribution in [0.4, 0.5) is 0 Å². The molecule has 512 valence electrons. The highest BCUT2D eigenvalue weighted by Crippen LogP contribution is 2.39. The summed E-state index contributed by atoms with van der Waals surface area (Å²) in [5, 5.41) is 254. The fourth-order valence-corrected chi connectivity index (χ4v) is 11.2. The number of aliphatic hydroxyl groups is 23. The van der Waals surface area contributed by atoms with Crippen LogP contribution in [0.25, 0.3) is 0 Å². The molecular weight excluding hydrogens is 1210 g/mol. The van der Waals surface area contributed by atoms with E-state index in [1.165, 1.54) is 0 Å². The molecule has 7 fully saturated rings. The van der Waals surface area contributed by atoms with Crippen LogP contribution in [0.2, 0.25) is 0 Å². The third kappa shape index (κ3) is 15.5. The summed E-state index contributed by atoms with van der Waals surface area (Å²) < 4.78 is 74.8. The van der Waals surface area contributed by atoms with Crippen molar-refractivity contribution in [3.63, 3.8) is 0 Å². The molecule has 0 spiro atoms. The van der Waals surface area contributed by atoms with Crippen molar-refractivity contribution >= 4 is 11.8 Å². The van der Waals surface area contributed by atoms with Gasteiger partial charge in [0.2, 0.25) is 11.8 Å². The van der Waals surface area contributed by atoms with E-state index in [1.807, 2.05) is 0 Å². The number of carbonyl (C=O) groups excluding carboxylic acids is 2. The molecule has 7 aliphatic rings. The zero-order valence-electron chi connectivity index (χ0n) is 46.7. The number of carbonyl (C=O) groups is 2. The lowest BCUT2D eigenvalue weighted by Crippen LogP contribution is -2.70. The number of amides is 2. The van der Waals surface area contributed by atoms with Crippen molar-refractivity contribution in [3.05, 3.63) is 0 Å². The molecule has 0 aromatic heterocycles. The Balaban J connectivity index is 1.13. The van der Waals surface area contributed by atoms with E-state index in [4.69, 9.17) is 61.6 Å². The van der Waals surface area contributed by atoms with Crippen LogP contribution in [0.15, 0.2) is 0 Å². The first-order valence-corrected chi connectivity index (χ1v) is 27.8. The normalized spacial score (nSPS) is 49.4. The molecule has 0 radical (unpaired) electrons. The van der Waals surface area contributed by atoms with E-state index in [9.17, 15) is 127 Å². The lowest BCUT2D eigenvalue weighted by atomic mass is 9.92. The molecule has 40 nitrogen and oxygen atoms in total. The van der Waals surface area contributed by atoms with Gasteiger partial charge in [0.05, 0.1) is 46.2 Å². The van der Waals surface area contributed by atoms with E-state index in [2.05, 4.69) is 10.6 Å². The summed E-state index contributed by atoms with van der Waals surface area (Å²) in [6, 6.07) is -3.53. The maximum Gasteiger partial charge on any atom is 0.217 e. The van der Waals surface area contributed by atoms with Crippen LogP contribution in [0, 0.1) is 0 Å². The highest BCUT2D eigenvalue weighted by atomic mass is 16.8. The van der Waals surface area contributed by atoms with Crippen LogP contribution >= 0.6 is 0 Å². The second kappa shape index (κ2) is 31.6. The van der Waals surface area contributed by atoms with Gasteiger partial charge in [-0.25, -0.2) is 0 Å². The molecule has 0 aliphatic carbocycles. The first-order chi connectivity index (χ1) is 41.6. The Morgan fingerprint density at radius 2 is 0.705 bits per heavy atom. The summed E-state index contributed by atoms with van der Waals surface area (Å²) in [6.07, 6.45) is -72.7. The number of hydrogen-bond donors (Lipinski definition) is 25. The van der Waals surface area contributed by atoms with Crippen molar-refractivity contribution in [2.75, 3.05) is 46.2 Å². The van der Waals surface area contributed by atoms with Crippen LogP contribution < -0.4 is 10.6 Å². The maximum atomic E-state index is 12.5. The average Bonchev–Trinajstić information content (AvgIpc) is 1.37. The highest BCUT2D eigenvalue weighted by Gasteiger charge is 2.60. The van der Waals surface area contributed by atoms with Crippen LogP contribution in [0.1, 0.15) is 13.8 Å². The third-order valence-electron chi connectivity index (χ3n) is 16.0. The van der Waals surface area contributed by atoms with Crippen LogP contribution in [-0.2, 0) is 71.2 Å². The van der Waals surface area contributed by atoms with Gasteiger partial charge in [0.25, 0.3) is 0 Å². The smallest absolute Gasteiger partial charge is 0.217 e. The molecule has 2 amide bonds. The SMILES string of the molecule is CC(=O)N[C@H]1[C@H](O[C@H]2[C@@H](O)[C@@H](CO)O[C@@H](O[C@H]3[C@H](O)[C@@H](O)[C@H](O[C@H]4[C@H](O[C@H]5O[C@H]([C@@H](O)CO)[C@@H](O)[C@H](O)[C@@H]5O[C@@H]5O[C@H](CO)[C@@H](O)[C@H](O)[C@H]5NC(C)=O)[C@H](O)[C@@H](O)O[C@@H]4[C@@H](O)CO)O[C@@H]3CO)[C@@H]2O)O[C@H](CO)[C@@H](O[C@@H]2O[C@H](CO)[C@H](O)[C@H](O)[C@H]2O)[C@@H]1O. The van der Waals surface area contributed by atoms with Gasteiger partial charge in [-0.1, -0.05) is 0 Å². The van der Waals surface area contributed by atoms with Crippen LogP contribution in [0.3, 0.4) is 0 Å². The summed E-state index contributed by atoms with van der Waals surface area (Å²) in [5.41, 5.74) is 0. The van der Waals surface area contributed by atoms with E-state index < -0.39 is 285 Å². The molecule has 37 atom stereocenters. The minimum atomic E-state index is -2.45. The molecule has 0 aromatic rings. The summed E-state index contributed by atoms with van der Waals surface area (Å²) in [7, 11) is 0. The van der Waals surface area contributed by atoms with Crippen LogP contribution in [0.5, 0.6) is 0 Å². The molecular formula is C48H82N2O38. The molecule has 0 aromatic carbocycles. The van der Waals surface area contributed by atoms with Crippen molar-refractivity contribution in [1.82, 2.24) is 10.6 Å². The van der Waals surface area contributed by atoms with Gasteiger partial charge in [-0.2, -0.15) is 0 Å². The monoisotopic (exact) mass is 1290 g/mol. The number of aliphatic hydroxyl groups excluding tert-OH is 23. The molecule has 7 heterocycles. The Hall–Kier alpha value is -2.50. The van der Waals surface area contributed by atoms with Gasteiger partial charge in [-0.05, 0) is 0 Å². The Labute approximate surface area is 497 Å². The molecule has 25 N–H and O–H groups in total. The van der Waals surface area contributed by atoms with Crippen molar-refractivity contribution in [2.24, 2.45) is 0 Å². The second-order valence-corrected chi connectivity index (χ2v) is 22.0. The minimum absolute atomic E-state index is 0.843. The Morgan fingerprint density at radius 1 is 0.330 bits per heavy atom. The summed E-state index contributed by atoms with van der Waals surface area (Å²) in [4.78, 5) is 24.8. The minimum Gasteiger partial charge on any atom is -0.394 e. The zero-order valence-corrected chi connectivity index (χ0v) is 46.7. The first kappa shape index (κ1) is 72.9. The molecule has 7 rings (SSSR count). The Bertz CT molecular complexity index is 2170. The van der Waals surface area contributed by atoms with Crippen molar-refractivity contribution < 1.29 is 189 Å². The van der Waals surface area contributed by atoms with Crippen molar-refractivity contribution in [1.29, 1.82) is 0 Å². The molecule has 7 aliphatic heterocycles. The molecule has 88 heavy (non-hydrogen) atoms. The lowest BCUT2D eigenvalue weighted by Gasteiger charge is -2.51. The van der Waals surface area contributed by atoms with Gasteiger partial charge in [0, 0.05) is 13.8 Å². The number of hydrogen-bond acceptors (Lipinski definition) is 38. The zero-order chi connectivity index (χ0) is 65.1. The van der Waals surface area contributed by atoms with E-state index in [-0.39, 0.29) is 0 Å². The van der Waals surface area contributed by atoms with Gasteiger partial charge in [0.15, 0.2) is 44.0 Å². The number of nitrogens with one attached hydrogen (secondary N) is 2. The van der Waals surface area contributed by atoms with Crippen molar-refractivity contribution in [3.8, 4) is 0 Å². The predicted octanol–water partition coefficient (Wildman–Crippen LogP) is -17.3. The lowest BCUT2D eigenvalue weighted by molar-refractivity contribution is -0.406. The average molecular weight is 1300 g/mol. The topological polar surface area (TPSA) is 643 Å². The Morgan fingerprint density at radius 3 is 1.22 bits per heavy atom. The van der Waals surface area contributed by atoms with Crippen LogP contribution in [-0.4, -0.2) is 403 Å². The molecule has 0 saturated carbocycles. The van der Waals surface area contributed by atoms with Gasteiger partial charge < -0.3 is 190 Å². The molecule has 0 unspecified atom stereocenters. The fraction of sp³-hybridized carbons (Fsp3) is 0.958. The molecule has 0 bridgehead atoms. The largest absolute Gasteiger partial charge is 0.394 e. The van der Waals surface area contributed by atoms with E-state index in [0.717, 1.165) is 13.8 Å². The van der Waals surface area contributed by atoms with Gasteiger partial charge in [0.1, 0.15) is 183 Å². The van der Waals surface area contributed by atoms with E-state index in [0.29, 0.717) is 0 Å². The fourth-order valence-electron chi connectivity index (χ4n) is 11.2. The first-order valence-electron chi connectivity index (χ1n) is 27.8. The number of rotatable bonds is 23.